The zero-order valence-corrected chi connectivity index (χ0v) is 13.0. The van der Waals surface area contributed by atoms with Crippen molar-refractivity contribution in [3.63, 3.8) is 0 Å². The number of halogens is 2. The van der Waals surface area contributed by atoms with Crippen LogP contribution in [0.3, 0.4) is 0 Å². The van der Waals surface area contributed by atoms with Crippen LogP contribution in [0.4, 0.5) is 14.5 Å². The predicted octanol–water partition coefficient (Wildman–Crippen LogP) is 4.10. The maximum absolute atomic E-state index is 13.5. The fourth-order valence-electron chi connectivity index (χ4n) is 2.37. The highest BCUT2D eigenvalue weighted by molar-refractivity contribution is 6.03. The molecule has 0 aliphatic heterocycles. The van der Waals surface area contributed by atoms with E-state index in [1.165, 1.54) is 6.07 Å². The summed E-state index contributed by atoms with van der Waals surface area (Å²) >= 11 is 0. The van der Waals surface area contributed by atoms with Crippen molar-refractivity contribution in [2.24, 2.45) is 0 Å². The minimum absolute atomic E-state index is 0.209. The Bertz CT molecular complexity index is 875. The summed E-state index contributed by atoms with van der Waals surface area (Å²) in [4.78, 5) is 12.3. The minimum atomic E-state index is -0.938. The Morgan fingerprint density at radius 1 is 1.08 bits per heavy atom. The van der Waals surface area contributed by atoms with Crippen LogP contribution in [-0.2, 0) is 6.54 Å². The van der Waals surface area contributed by atoms with Crippen LogP contribution in [0.2, 0.25) is 0 Å². The Morgan fingerprint density at radius 3 is 2.50 bits per heavy atom. The minimum Gasteiger partial charge on any atom is -0.321 e. The molecule has 1 amide bonds. The SMILES string of the molecule is CCn1nc(C(=O)Nc2ccccc2)cc1-c1ccc(F)c(F)c1. The number of rotatable bonds is 4. The molecule has 0 bridgehead atoms. The maximum Gasteiger partial charge on any atom is 0.276 e. The molecule has 2 aromatic carbocycles. The first-order valence-electron chi connectivity index (χ1n) is 7.48. The lowest BCUT2D eigenvalue weighted by Gasteiger charge is -2.04. The van der Waals surface area contributed by atoms with Crippen molar-refractivity contribution in [3.05, 3.63) is 71.9 Å². The first-order valence-corrected chi connectivity index (χ1v) is 7.48. The lowest BCUT2D eigenvalue weighted by molar-refractivity contribution is 0.102. The van der Waals surface area contributed by atoms with Gasteiger partial charge in [0.05, 0.1) is 5.69 Å². The van der Waals surface area contributed by atoms with Crippen LogP contribution >= 0.6 is 0 Å². The summed E-state index contributed by atoms with van der Waals surface area (Å²) in [5.41, 5.74) is 1.87. The third-order valence-corrected chi connectivity index (χ3v) is 3.56. The van der Waals surface area contributed by atoms with E-state index in [0.29, 0.717) is 23.5 Å². The van der Waals surface area contributed by atoms with Gasteiger partial charge in [-0.3, -0.25) is 9.48 Å². The van der Waals surface area contributed by atoms with Crippen LogP contribution in [0.1, 0.15) is 17.4 Å². The van der Waals surface area contributed by atoms with Gasteiger partial charge in [-0.25, -0.2) is 8.78 Å². The van der Waals surface area contributed by atoms with Gasteiger partial charge in [-0.05, 0) is 43.3 Å². The van der Waals surface area contributed by atoms with Crippen LogP contribution in [0.15, 0.2) is 54.6 Å². The van der Waals surface area contributed by atoms with Gasteiger partial charge in [0.1, 0.15) is 0 Å². The number of carbonyl (C=O) groups excluding carboxylic acids is 1. The van der Waals surface area contributed by atoms with E-state index >= 15 is 0 Å². The summed E-state index contributed by atoms with van der Waals surface area (Å²) in [5.74, 6) is -2.22. The quantitative estimate of drug-likeness (QED) is 0.784. The van der Waals surface area contributed by atoms with E-state index in [9.17, 15) is 13.6 Å². The summed E-state index contributed by atoms with van der Waals surface area (Å²) in [6.45, 7) is 2.35. The first kappa shape index (κ1) is 15.9. The highest BCUT2D eigenvalue weighted by Gasteiger charge is 2.16. The van der Waals surface area contributed by atoms with Crippen molar-refractivity contribution in [1.29, 1.82) is 0 Å². The van der Waals surface area contributed by atoms with Crippen molar-refractivity contribution >= 4 is 11.6 Å². The molecule has 1 N–H and O–H groups in total. The number of nitrogens with zero attached hydrogens (tertiary/aromatic N) is 2. The van der Waals surface area contributed by atoms with E-state index in [2.05, 4.69) is 10.4 Å². The molecular formula is C18H15F2N3O. The van der Waals surface area contributed by atoms with E-state index in [1.807, 2.05) is 25.1 Å². The number of benzene rings is 2. The van der Waals surface area contributed by atoms with Gasteiger partial charge in [0.25, 0.3) is 5.91 Å². The average molecular weight is 327 g/mol. The number of para-hydroxylation sites is 1. The van der Waals surface area contributed by atoms with Crippen LogP contribution in [0, 0.1) is 11.6 Å². The number of hydrogen-bond acceptors (Lipinski definition) is 2. The third-order valence-electron chi connectivity index (χ3n) is 3.56. The molecule has 24 heavy (non-hydrogen) atoms. The van der Waals surface area contributed by atoms with Crippen molar-refractivity contribution in [2.45, 2.75) is 13.5 Å². The second kappa shape index (κ2) is 6.62. The van der Waals surface area contributed by atoms with E-state index in [0.717, 1.165) is 12.1 Å². The highest BCUT2D eigenvalue weighted by Crippen LogP contribution is 2.23. The zero-order chi connectivity index (χ0) is 17.1. The van der Waals surface area contributed by atoms with E-state index < -0.39 is 11.6 Å². The summed E-state index contributed by atoms with van der Waals surface area (Å²) in [7, 11) is 0. The summed E-state index contributed by atoms with van der Waals surface area (Å²) < 4.78 is 28.2. The smallest absolute Gasteiger partial charge is 0.276 e. The number of nitrogens with one attached hydrogen (secondary N) is 1. The molecule has 1 aromatic heterocycles. The fraction of sp³-hybridized carbons (Fsp3) is 0.111. The normalized spacial score (nSPS) is 10.6. The molecule has 122 valence electrons. The Kier molecular flexibility index (Phi) is 4.37. The lowest BCUT2D eigenvalue weighted by atomic mass is 10.1. The number of hydrogen-bond donors (Lipinski definition) is 1. The van der Waals surface area contributed by atoms with Crippen LogP contribution in [0.5, 0.6) is 0 Å². The largest absolute Gasteiger partial charge is 0.321 e. The Hall–Kier alpha value is -3.02. The molecule has 0 saturated heterocycles. The van der Waals surface area contributed by atoms with Crippen LogP contribution in [-0.4, -0.2) is 15.7 Å². The molecule has 0 aliphatic carbocycles. The van der Waals surface area contributed by atoms with Gasteiger partial charge >= 0.3 is 0 Å². The molecule has 0 unspecified atom stereocenters. The van der Waals surface area contributed by atoms with Gasteiger partial charge in [-0.2, -0.15) is 5.10 Å². The second-order valence-corrected chi connectivity index (χ2v) is 5.18. The van der Waals surface area contributed by atoms with Crippen molar-refractivity contribution in [3.8, 4) is 11.3 Å². The Morgan fingerprint density at radius 2 is 1.83 bits per heavy atom. The average Bonchev–Trinajstić information content (AvgIpc) is 3.03. The number of aryl methyl sites for hydroxylation is 1. The lowest BCUT2D eigenvalue weighted by Crippen LogP contribution is -2.13. The molecule has 3 rings (SSSR count). The predicted molar refractivity (Wildman–Crippen MR) is 87.6 cm³/mol. The summed E-state index contributed by atoms with van der Waals surface area (Å²) in [5, 5.41) is 6.99. The zero-order valence-electron chi connectivity index (χ0n) is 13.0. The Balaban J connectivity index is 1.92. The van der Waals surface area contributed by atoms with Gasteiger partial charge < -0.3 is 5.32 Å². The van der Waals surface area contributed by atoms with E-state index in [4.69, 9.17) is 0 Å². The summed E-state index contributed by atoms with van der Waals surface area (Å²) in [6, 6.07) is 14.2. The van der Waals surface area contributed by atoms with Crippen molar-refractivity contribution in [1.82, 2.24) is 9.78 Å². The number of anilines is 1. The molecular weight excluding hydrogens is 312 g/mol. The highest BCUT2D eigenvalue weighted by atomic mass is 19.2. The third kappa shape index (κ3) is 3.17. The number of carbonyl (C=O) groups is 1. The maximum atomic E-state index is 13.5. The molecule has 3 aromatic rings. The van der Waals surface area contributed by atoms with Crippen LogP contribution < -0.4 is 5.32 Å². The second-order valence-electron chi connectivity index (χ2n) is 5.18. The molecule has 6 heteroatoms. The molecule has 0 fully saturated rings. The van der Waals surface area contributed by atoms with E-state index in [-0.39, 0.29) is 11.6 Å². The molecule has 0 aliphatic rings. The van der Waals surface area contributed by atoms with Gasteiger partial charge in [0, 0.05) is 17.8 Å². The van der Waals surface area contributed by atoms with Crippen LogP contribution in [0.25, 0.3) is 11.3 Å². The molecule has 4 nitrogen and oxygen atoms in total. The molecule has 0 radical (unpaired) electrons. The number of aromatic nitrogens is 2. The fourth-order valence-corrected chi connectivity index (χ4v) is 2.37. The van der Waals surface area contributed by atoms with Gasteiger partial charge in [0.2, 0.25) is 0 Å². The van der Waals surface area contributed by atoms with Crippen molar-refractivity contribution < 1.29 is 13.6 Å². The standard InChI is InChI=1S/C18H15F2N3O/c1-2-23-17(12-8-9-14(19)15(20)10-12)11-16(22-23)18(24)21-13-6-4-3-5-7-13/h3-11H,2H2,1H3,(H,21,24). The molecule has 0 spiro atoms. The molecule has 0 atom stereocenters. The van der Waals surface area contributed by atoms with Gasteiger partial charge in [-0.15, -0.1) is 0 Å². The summed E-state index contributed by atoms with van der Waals surface area (Å²) in [6.07, 6.45) is 0. The van der Waals surface area contributed by atoms with Crippen molar-refractivity contribution in [2.75, 3.05) is 5.32 Å². The number of amides is 1. The monoisotopic (exact) mass is 327 g/mol. The van der Waals surface area contributed by atoms with Gasteiger partial charge in [0.15, 0.2) is 17.3 Å². The Labute approximate surface area is 137 Å². The first-order chi connectivity index (χ1) is 11.6. The van der Waals surface area contributed by atoms with Gasteiger partial charge in [-0.1, -0.05) is 18.2 Å². The molecule has 1 heterocycles. The molecule has 0 saturated carbocycles. The topological polar surface area (TPSA) is 46.9 Å². The van der Waals surface area contributed by atoms with E-state index in [1.54, 1.807) is 22.9 Å².